The molecule has 1 aromatic rings. The standard InChI is InChI=1S/C11H11Cl2NO4/c1-2-3-7(15)6-18-11-5-9(13)8(12)4-10(11)14(16)17/h4-5H,2-3,6H2,1H3. The van der Waals surface area contributed by atoms with E-state index in [4.69, 9.17) is 27.9 Å². The molecule has 7 heteroatoms. The van der Waals surface area contributed by atoms with E-state index >= 15 is 0 Å². The van der Waals surface area contributed by atoms with E-state index in [9.17, 15) is 14.9 Å². The summed E-state index contributed by atoms with van der Waals surface area (Å²) >= 11 is 11.4. The zero-order valence-electron chi connectivity index (χ0n) is 9.61. The number of rotatable bonds is 6. The van der Waals surface area contributed by atoms with Crippen LogP contribution in [-0.2, 0) is 4.79 Å². The largest absolute Gasteiger partial charge is 0.479 e. The van der Waals surface area contributed by atoms with Crippen molar-refractivity contribution >= 4 is 34.7 Å². The third kappa shape index (κ3) is 3.85. The lowest BCUT2D eigenvalue weighted by Gasteiger charge is -2.07. The molecule has 0 unspecified atom stereocenters. The van der Waals surface area contributed by atoms with Crippen molar-refractivity contribution in [3.8, 4) is 5.75 Å². The number of Topliss-reactive ketones (excluding diaryl/α,β-unsaturated/α-hetero) is 1. The molecule has 0 amide bonds. The highest BCUT2D eigenvalue weighted by Gasteiger charge is 2.19. The Morgan fingerprint density at radius 1 is 1.39 bits per heavy atom. The van der Waals surface area contributed by atoms with Gasteiger partial charge in [0.25, 0.3) is 0 Å². The molecule has 0 heterocycles. The van der Waals surface area contributed by atoms with E-state index in [-0.39, 0.29) is 33.9 Å². The van der Waals surface area contributed by atoms with E-state index < -0.39 is 4.92 Å². The van der Waals surface area contributed by atoms with Gasteiger partial charge >= 0.3 is 5.69 Å². The highest BCUT2D eigenvalue weighted by Crippen LogP contribution is 2.35. The van der Waals surface area contributed by atoms with Crippen molar-refractivity contribution < 1.29 is 14.5 Å². The van der Waals surface area contributed by atoms with Gasteiger partial charge in [-0.3, -0.25) is 14.9 Å². The van der Waals surface area contributed by atoms with Crippen molar-refractivity contribution in [3.63, 3.8) is 0 Å². The Bertz CT molecular complexity index is 476. The summed E-state index contributed by atoms with van der Waals surface area (Å²) in [6.45, 7) is 1.64. The Labute approximate surface area is 114 Å². The Kier molecular flexibility index (Phi) is 5.37. The summed E-state index contributed by atoms with van der Waals surface area (Å²) in [5, 5.41) is 11.0. The molecule has 1 rings (SSSR count). The average molecular weight is 292 g/mol. The molecule has 18 heavy (non-hydrogen) atoms. The molecule has 0 aliphatic rings. The van der Waals surface area contributed by atoms with Crippen LogP contribution in [0.2, 0.25) is 10.0 Å². The Morgan fingerprint density at radius 2 is 2.00 bits per heavy atom. The lowest BCUT2D eigenvalue weighted by Crippen LogP contribution is -2.11. The second kappa shape index (κ2) is 6.56. The first-order valence-corrected chi connectivity index (χ1v) is 5.99. The van der Waals surface area contributed by atoms with Gasteiger partial charge in [-0.2, -0.15) is 0 Å². The molecule has 0 bridgehead atoms. The molecule has 0 N–H and O–H groups in total. The minimum atomic E-state index is -0.637. The predicted octanol–water partition coefficient (Wildman–Crippen LogP) is 3.65. The van der Waals surface area contributed by atoms with Gasteiger partial charge in [0.05, 0.1) is 15.0 Å². The van der Waals surface area contributed by atoms with Crippen LogP contribution in [0.15, 0.2) is 12.1 Å². The fraction of sp³-hybridized carbons (Fsp3) is 0.364. The first-order valence-electron chi connectivity index (χ1n) is 5.23. The minimum absolute atomic E-state index is 0.0566. The molecule has 98 valence electrons. The zero-order chi connectivity index (χ0) is 13.7. The molecule has 0 radical (unpaired) electrons. The van der Waals surface area contributed by atoms with E-state index in [0.29, 0.717) is 12.8 Å². The molecule has 0 aliphatic heterocycles. The second-order valence-electron chi connectivity index (χ2n) is 3.57. The van der Waals surface area contributed by atoms with Crippen molar-refractivity contribution in [3.05, 3.63) is 32.3 Å². The maximum absolute atomic E-state index is 11.3. The molecule has 0 atom stereocenters. The number of hydrogen-bond acceptors (Lipinski definition) is 4. The van der Waals surface area contributed by atoms with Crippen molar-refractivity contribution in [2.75, 3.05) is 6.61 Å². The van der Waals surface area contributed by atoms with Gasteiger partial charge in [0, 0.05) is 18.6 Å². The number of nitrogens with zero attached hydrogens (tertiary/aromatic N) is 1. The van der Waals surface area contributed by atoms with Crippen LogP contribution in [0.25, 0.3) is 0 Å². The predicted molar refractivity (Wildman–Crippen MR) is 68.5 cm³/mol. The Balaban J connectivity index is 2.90. The molecule has 0 spiro atoms. The van der Waals surface area contributed by atoms with E-state index in [0.717, 1.165) is 6.07 Å². The third-order valence-electron chi connectivity index (χ3n) is 2.12. The van der Waals surface area contributed by atoms with Crippen LogP contribution in [0.4, 0.5) is 5.69 Å². The van der Waals surface area contributed by atoms with Crippen molar-refractivity contribution in [2.24, 2.45) is 0 Å². The number of ketones is 1. The molecule has 0 fully saturated rings. The average Bonchev–Trinajstić information content (AvgIpc) is 2.30. The van der Waals surface area contributed by atoms with Crippen molar-refractivity contribution in [1.82, 2.24) is 0 Å². The summed E-state index contributed by atoms with van der Waals surface area (Å²) in [7, 11) is 0. The molecule has 0 saturated heterocycles. The summed E-state index contributed by atoms with van der Waals surface area (Å²) in [6.07, 6.45) is 1.07. The quantitative estimate of drug-likeness (QED) is 0.592. The molecular weight excluding hydrogens is 281 g/mol. The Morgan fingerprint density at radius 3 is 2.56 bits per heavy atom. The molecular formula is C11H11Cl2NO4. The minimum Gasteiger partial charge on any atom is -0.479 e. The Hall–Kier alpha value is -1.33. The summed E-state index contributed by atoms with van der Waals surface area (Å²) in [4.78, 5) is 21.5. The number of carbonyl (C=O) groups excluding carboxylic acids is 1. The fourth-order valence-electron chi connectivity index (χ4n) is 1.29. The lowest BCUT2D eigenvalue weighted by molar-refractivity contribution is -0.385. The SMILES string of the molecule is CCCC(=O)COc1cc(Cl)c(Cl)cc1[N+](=O)[O-]. The monoisotopic (exact) mass is 291 g/mol. The van der Waals surface area contributed by atoms with E-state index in [1.54, 1.807) is 0 Å². The van der Waals surface area contributed by atoms with Crippen LogP contribution in [0.5, 0.6) is 5.75 Å². The van der Waals surface area contributed by atoms with Gasteiger partial charge < -0.3 is 4.74 Å². The van der Waals surface area contributed by atoms with Gasteiger partial charge in [-0.25, -0.2) is 0 Å². The van der Waals surface area contributed by atoms with E-state index in [2.05, 4.69) is 0 Å². The fourth-order valence-corrected chi connectivity index (χ4v) is 1.60. The molecule has 1 aromatic carbocycles. The topological polar surface area (TPSA) is 69.4 Å². The van der Waals surface area contributed by atoms with Crippen LogP contribution in [0.3, 0.4) is 0 Å². The summed E-state index contributed by atoms with van der Waals surface area (Å²) in [5.41, 5.74) is -0.311. The van der Waals surface area contributed by atoms with Gasteiger partial charge in [0.2, 0.25) is 0 Å². The number of nitro benzene ring substituents is 1. The van der Waals surface area contributed by atoms with Gasteiger partial charge in [0.1, 0.15) is 6.61 Å². The van der Waals surface area contributed by atoms with Gasteiger partial charge in [-0.1, -0.05) is 30.1 Å². The second-order valence-corrected chi connectivity index (χ2v) is 4.38. The number of ether oxygens (including phenoxy) is 1. The van der Waals surface area contributed by atoms with E-state index in [1.165, 1.54) is 6.07 Å². The summed E-state index contributed by atoms with van der Waals surface area (Å²) in [5.74, 6) is -0.184. The van der Waals surface area contributed by atoms with Gasteiger partial charge in [-0.05, 0) is 6.42 Å². The van der Waals surface area contributed by atoms with Crippen molar-refractivity contribution in [2.45, 2.75) is 19.8 Å². The van der Waals surface area contributed by atoms with Crippen LogP contribution in [0.1, 0.15) is 19.8 Å². The molecule has 0 saturated carbocycles. The number of carbonyl (C=O) groups is 1. The van der Waals surface area contributed by atoms with Gasteiger partial charge in [0.15, 0.2) is 11.5 Å². The number of nitro groups is 1. The van der Waals surface area contributed by atoms with Crippen LogP contribution in [-0.4, -0.2) is 17.3 Å². The summed E-state index contributed by atoms with van der Waals surface area (Å²) < 4.78 is 5.11. The number of benzene rings is 1. The maximum atomic E-state index is 11.3. The van der Waals surface area contributed by atoms with Crippen LogP contribution in [0, 0.1) is 10.1 Å². The molecule has 0 aromatic heterocycles. The normalized spacial score (nSPS) is 10.2. The maximum Gasteiger partial charge on any atom is 0.312 e. The molecule has 5 nitrogen and oxygen atoms in total. The molecule has 0 aliphatic carbocycles. The third-order valence-corrected chi connectivity index (χ3v) is 2.84. The highest BCUT2D eigenvalue weighted by atomic mass is 35.5. The first kappa shape index (κ1) is 14.7. The smallest absolute Gasteiger partial charge is 0.312 e. The highest BCUT2D eigenvalue weighted by molar-refractivity contribution is 6.42. The van der Waals surface area contributed by atoms with Crippen molar-refractivity contribution in [1.29, 1.82) is 0 Å². The van der Waals surface area contributed by atoms with Crippen LogP contribution >= 0.6 is 23.2 Å². The number of hydrogen-bond donors (Lipinski definition) is 0. The van der Waals surface area contributed by atoms with Gasteiger partial charge in [-0.15, -0.1) is 0 Å². The lowest BCUT2D eigenvalue weighted by atomic mass is 10.2. The van der Waals surface area contributed by atoms with Crippen LogP contribution < -0.4 is 4.74 Å². The zero-order valence-corrected chi connectivity index (χ0v) is 11.1. The van der Waals surface area contributed by atoms with E-state index in [1.807, 2.05) is 6.92 Å². The number of halogens is 2. The summed E-state index contributed by atoms with van der Waals surface area (Å²) in [6, 6.07) is 2.34. The first-order chi connectivity index (χ1) is 8.45.